The molecule has 0 aliphatic heterocycles. The van der Waals surface area contributed by atoms with Crippen LogP contribution in [0.4, 0.5) is 5.69 Å². The number of hydrogen-bond acceptors (Lipinski definition) is 3. The van der Waals surface area contributed by atoms with Gasteiger partial charge in [-0.3, -0.25) is 4.98 Å². The second-order valence-electron chi connectivity index (χ2n) is 5.90. The summed E-state index contributed by atoms with van der Waals surface area (Å²) in [5, 5.41) is 0. The van der Waals surface area contributed by atoms with Gasteiger partial charge in [-0.2, -0.15) is 0 Å². The van der Waals surface area contributed by atoms with E-state index < -0.39 is 0 Å². The monoisotopic (exact) mass is 261 g/mol. The van der Waals surface area contributed by atoms with Crippen LogP contribution < -0.4 is 10.6 Å². The number of nitrogens with zero attached hydrogens (tertiary/aromatic N) is 2. The maximum atomic E-state index is 6.01. The molecule has 2 rings (SSSR count). The van der Waals surface area contributed by atoms with Crippen molar-refractivity contribution in [3.8, 4) is 0 Å². The fourth-order valence-electron chi connectivity index (χ4n) is 3.10. The van der Waals surface area contributed by atoms with Crippen molar-refractivity contribution in [1.29, 1.82) is 0 Å². The molecule has 19 heavy (non-hydrogen) atoms. The fraction of sp³-hybridized carbons (Fsp3) is 0.688. The predicted molar refractivity (Wildman–Crippen MR) is 81.3 cm³/mol. The molecule has 1 aromatic heterocycles. The van der Waals surface area contributed by atoms with Gasteiger partial charge in [-0.15, -0.1) is 0 Å². The Morgan fingerprint density at radius 3 is 2.68 bits per heavy atom. The van der Waals surface area contributed by atoms with E-state index in [2.05, 4.69) is 42.9 Å². The van der Waals surface area contributed by atoms with Crippen molar-refractivity contribution < 1.29 is 0 Å². The Morgan fingerprint density at radius 1 is 1.37 bits per heavy atom. The SMILES string of the molecule is CC[C@@H](N)c1ccc(N(C)C2CCCCC2C)cn1. The first kappa shape index (κ1) is 14.3. The van der Waals surface area contributed by atoms with E-state index >= 15 is 0 Å². The van der Waals surface area contributed by atoms with Gasteiger partial charge >= 0.3 is 0 Å². The highest BCUT2D eigenvalue weighted by molar-refractivity contribution is 5.45. The first-order chi connectivity index (χ1) is 9.13. The Kier molecular flexibility index (Phi) is 4.81. The Balaban J connectivity index is 2.08. The second kappa shape index (κ2) is 6.38. The Morgan fingerprint density at radius 2 is 2.11 bits per heavy atom. The van der Waals surface area contributed by atoms with Crippen molar-refractivity contribution >= 4 is 5.69 Å². The van der Waals surface area contributed by atoms with Crippen molar-refractivity contribution in [2.45, 2.75) is 58.0 Å². The van der Waals surface area contributed by atoms with E-state index in [-0.39, 0.29) is 6.04 Å². The number of anilines is 1. The van der Waals surface area contributed by atoms with Gasteiger partial charge in [0.05, 0.1) is 17.6 Å². The van der Waals surface area contributed by atoms with Gasteiger partial charge in [-0.25, -0.2) is 0 Å². The third-order valence-corrected chi connectivity index (χ3v) is 4.56. The van der Waals surface area contributed by atoms with Crippen molar-refractivity contribution in [2.24, 2.45) is 11.7 Å². The van der Waals surface area contributed by atoms with E-state index in [0.29, 0.717) is 6.04 Å². The zero-order valence-electron chi connectivity index (χ0n) is 12.5. The quantitative estimate of drug-likeness (QED) is 0.902. The summed E-state index contributed by atoms with van der Waals surface area (Å²) in [6.07, 6.45) is 8.29. The van der Waals surface area contributed by atoms with Gasteiger partial charge in [0.15, 0.2) is 0 Å². The molecule has 3 atom stereocenters. The average Bonchev–Trinajstić information content (AvgIpc) is 2.46. The van der Waals surface area contributed by atoms with E-state index in [0.717, 1.165) is 18.0 Å². The highest BCUT2D eigenvalue weighted by Gasteiger charge is 2.25. The summed E-state index contributed by atoms with van der Waals surface area (Å²) in [5.41, 5.74) is 8.22. The molecule has 0 radical (unpaired) electrons. The van der Waals surface area contributed by atoms with Crippen LogP contribution in [0, 0.1) is 5.92 Å². The van der Waals surface area contributed by atoms with E-state index in [9.17, 15) is 0 Å². The summed E-state index contributed by atoms with van der Waals surface area (Å²) in [6.45, 7) is 4.46. The normalized spacial score (nSPS) is 25.1. The van der Waals surface area contributed by atoms with Crippen LogP contribution in [0.15, 0.2) is 18.3 Å². The largest absolute Gasteiger partial charge is 0.370 e. The van der Waals surface area contributed by atoms with Crippen LogP contribution in [-0.4, -0.2) is 18.1 Å². The summed E-state index contributed by atoms with van der Waals surface area (Å²) < 4.78 is 0. The molecule has 0 bridgehead atoms. The lowest BCUT2D eigenvalue weighted by molar-refractivity contribution is 0.321. The Labute approximate surface area is 117 Å². The smallest absolute Gasteiger partial charge is 0.0572 e. The highest BCUT2D eigenvalue weighted by Crippen LogP contribution is 2.30. The third kappa shape index (κ3) is 3.27. The first-order valence-electron chi connectivity index (χ1n) is 7.57. The van der Waals surface area contributed by atoms with Crippen molar-refractivity contribution in [3.05, 3.63) is 24.0 Å². The van der Waals surface area contributed by atoms with Crippen LogP contribution in [0.3, 0.4) is 0 Å². The van der Waals surface area contributed by atoms with Gasteiger partial charge in [0.1, 0.15) is 0 Å². The maximum absolute atomic E-state index is 6.01. The lowest BCUT2D eigenvalue weighted by Crippen LogP contribution is -2.39. The summed E-state index contributed by atoms with van der Waals surface area (Å²) in [5.74, 6) is 0.774. The minimum Gasteiger partial charge on any atom is -0.370 e. The van der Waals surface area contributed by atoms with Crippen molar-refractivity contribution in [2.75, 3.05) is 11.9 Å². The van der Waals surface area contributed by atoms with Crippen molar-refractivity contribution in [3.63, 3.8) is 0 Å². The minimum absolute atomic E-state index is 0.0629. The molecule has 3 heteroatoms. The molecule has 1 saturated carbocycles. The number of aromatic nitrogens is 1. The van der Waals surface area contributed by atoms with Crippen molar-refractivity contribution in [1.82, 2.24) is 4.98 Å². The van der Waals surface area contributed by atoms with Gasteiger partial charge in [0.25, 0.3) is 0 Å². The molecule has 1 aromatic rings. The summed E-state index contributed by atoms with van der Waals surface area (Å²) in [6, 6.07) is 4.96. The third-order valence-electron chi connectivity index (χ3n) is 4.56. The molecule has 1 fully saturated rings. The van der Waals surface area contributed by atoms with Crippen LogP contribution in [0.2, 0.25) is 0 Å². The number of nitrogens with two attached hydrogens (primary N) is 1. The molecule has 0 spiro atoms. The molecular weight excluding hydrogens is 234 g/mol. The lowest BCUT2D eigenvalue weighted by atomic mass is 9.85. The molecule has 1 heterocycles. The molecule has 1 aliphatic carbocycles. The summed E-state index contributed by atoms with van der Waals surface area (Å²) in [7, 11) is 2.20. The zero-order valence-corrected chi connectivity index (χ0v) is 12.5. The number of rotatable bonds is 4. The molecule has 2 unspecified atom stereocenters. The highest BCUT2D eigenvalue weighted by atomic mass is 15.1. The lowest BCUT2D eigenvalue weighted by Gasteiger charge is -2.37. The van der Waals surface area contributed by atoms with E-state index in [1.54, 1.807) is 0 Å². The Hall–Kier alpha value is -1.09. The minimum atomic E-state index is 0.0629. The number of pyridine rings is 1. The van der Waals surface area contributed by atoms with Crippen LogP contribution >= 0.6 is 0 Å². The molecule has 0 saturated heterocycles. The molecular formula is C16H27N3. The van der Waals surface area contributed by atoms with E-state index in [1.807, 2.05) is 6.20 Å². The topological polar surface area (TPSA) is 42.1 Å². The molecule has 1 aliphatic rings. The molecule has 106 valence electrons. The van der Waals surface area contributed by atoms with E-state index in [4.69, 9.17) is 5.73 Å². The molecule has 0 aromatic carbocycles. The zero-order chi connectivity index (χ0) is 13.8. The standard InChI is InChI=1S/C16H27N3/c1-4-14(17)15-10-9-13(11-18-15)19(3)16-8-6-5-7-12(16)2/h9-12,14,16H,4-8,17H2,1-3H3/t12?,14-,16?/m1/s1. The van der Waals surface area contributed by atoms with Crippen LogP contribution in [0.1, 0.15) is 57.7 Å². The fourth-order valence-corrected chi connectivity index (χ4v) is 3.10. The van der Waals surface area contributed by atoms with Gasteiger partial charge in [-0.1, -0.05) is 26.7 Å². The van der Waals surface area contributed by atoms with Crippen LogP contribution in [0.25, 0.3) is 0 Å². The second-order valence-corrected chi connectivity index (χ2v) is 5.90. The predicted octanol–water partition coefficient (Wildman–Crippen LogP) is 3.51. The van der Waals surface area contributed by atoms with Crippen LogP contribution in [-0.2, 0) is 0 Å². The van der Waals surface area contributed by atoms with Crippen LogP contribution in [0.5, 0.6) is 0 Å². The first-order valence-corrected chi connectivity index (χ1v) is 7.57. The Bertz CT molecular complexity index is 387. The van der Waals surface area contributed by atoms with Gasteiger partial charge in [0.2, 0.25) is 0 Å². The molecule has 2 N–H and O–H groups in total. The molecule has 0 amide bonds. The van der Waals surface area contributed by atoms with Gasteiger partial charge < -0.3 is 10.6 Å². The maximum Gasteiger partial charge on any atom is 0.0572 e. The number of hydrogen-bond donors (Lipinski definition) is 1. The summed E-state index contributed by atoms with van der Waals surface area (Å²) >= 11 is 0. The molecule has 3 nitrogen and oxygen atoms in total. The summed E-state index contributed by atoms with van der Waals surface area (Å²) in [4.78, 5) is 6.92. The average molecular weight is 261 g/mol. The van der Waals surface area contributed by atoms with Gasteiger partial charge in [0, 0.05) is 19.1 Å². The van der Waals surface area contributed by atoms with Gasteiger partial charge in [-0.05, 0) is 37.3 Å². The van der Waals surface area contributed by atoms with E-state index in [1.165, 1.54) is 31.4 Å².